The average molecular weight is 489 g/mol. The molecule has 0 aromatic heterocycles. The van der Waals surface area contributed by atoms with E-state index < -0.39 is 5.25 Å². The predicted molar refractivity (Wildman–Crippen MR) is 139 cm³/mol. The number of hydrogen-bond donors (Lipinski definition) is 1. The molecule has 4 rings (SSSR count). The van der Waals surface area contributed by atoms with E-state index in [1.54, 1.807) is 44.6 Å². The quantitative estimate of drug-likeness (QED) is 0.394. The van der Waals surface area contributed by atoms with Crippen LogP contribution >= 0.6 is 11.8 Å². The van der Waals surface area contributed by atoms with Gasteiger partial charge in [-0.1, -0.05) is 42.1 Å². The zero-order valence-electron chi connectivity index (χ0n) is 19.5. The molecule has 1 N–H and O–H groups in total. The van der Waals surface area contributed by atoms with Crippen molar-refractivity contribution >= 4 is 57.2 Å². The van der Waals surface area contributed by atoms with Crippen LogP contribution in [0.2, 0.25) is 0 Å². The van der Waals surface area contributed by atoms with Gasteiger partial charge in [-0.25, -0.2) is 0 Å². The monoisotopic (exact) mass is 488 g/mol. The van der Waals surface area contributed by atoms with Crippen molar-refractivity contribution in [3.8, 4) is 5.75 Å². The highest BCUT2D eigenvalue weighted by atomic mass is 32.2. The number of ether oxygens (including phenoxy) is 1. The molecule has 0 spiro atoms. The molecule has 1 atom stereocenters. The molecule has 0 bridgehead atoms. The summed E-state index contributed by atoms with van der Waals surface area (Å²) in [4.78, 5) is 41.3. The molecular formula is C26H24N4O4S. The SMILES string of the molecule is CN=C1S[C@@H](CC(=O)Nc2cccc(C(C)=O)c2)C(=O)N1/N=C\c1ccc2cc(OC)ccc2c1. The number of carbonyl (C=O) groups is 3. The maximum absolute atomic E-state index is 13.0. The van der Waals surface area contributed by atoms with Gasteiger partial charge in [0.1, 0.15) is 11.0 Å². The molecule has 1 heterocycles. The molecule has 0 radical (unpaired) electrons. The molecule has 3 aromatic rings. The zero-order valence-corrected chi connectivity index (χ0v) is 20.3. The van der Waals surface area contributed by atoms with E-state index in [1.165, 1.54) is 23.7 Å². The number of Topliss-reactive ketones (excluding diaryl/α,β-unsaturated/α-hetero) is 1. The normalized spacial score (nSPS) is 16.9. The number of thioether (sulfide) groups is 1. The summed E-state index contributed by atoms with van der Waals surface area (Å²) >= 11 is 1.20. The lowest BCUT2D eigenvalue weighted by Gasteiger charge is -2.10. The van der Waals surface area contributed by atoms with Crippen molar-refractivity contribution in [2.45, 2.75) is 18.6 Å². The molecule has 9 heteroatoms. The standard InChI is InChI=1S/C26H24N4O4S/c1-16(31)18-5-4-6-21(12-18)29-24(32)14-23-25(33)30(26(27-2)35-23)28-15-17-7-8-20-13-22(34-3)10-9-19(20)11-17/h4-13,15,23H,14H2,1-3H3,(H,29,32)/b27-26?,28-15-/t23-/m0/s1. The number of hydrogen-bond acceptors (Lipinski definition) is 7. The summed E-state index contributed by atoms with van der Waals surface area (Å²) in [5, 5.41) is 10.2. The van der Waals surface area contributed by atoms with Gasteiger partial charge in [-0.05, 0) is 53.6 Å². The van der Waals surface area contributed by atoms with Gasteiger partial charge in [0.25, 0.3) is 5.91 Å². The van der Waals surface area contributed by atoms with Crippen molar-refractivity contribution in [2.75, 3.05) is 19.5 Å². The minimum absolute atomic E-state index is 0.0450. The van der Waals surface area contributed by atoms with E-state index >= 15 is 0 Å². The van der Waals surface area contributed by atoms with E-state index in [9.17, 15) is 14.4 Å². The Bertz CT molecular complexity index is 1370. The molecule has 1 saturated heterocycles. The van der Waals surface area contributed by atoms with Gasteiger partial charge in [-0.2, -0.15) is 10.1 Å². The topological polar surface area (TPSA) is 100 Å². The lowest BCUT2D eigenvalue weighted by molar-refractivity contribution is -0.128. The summed E-state index contributed by atoms with van der Waals surface area (Å²) in [6.07, 6.45) is 1.56. The van der Waals surface area contributed by atoms with Crippen molar-refractivity contribution in [2.24, 2.45) is 10.1 Å². The molecule has 0 saturated carbocycles. The fourth-order valence-electron chi connectivity index (χ4n) is 3.61. The third-order valence-corrected chi connectivity index (χ3v) is 6.64. The highest BCUT2D eigenvalue weighted by Gasteiger charge is 2.39. The Balaban J connectivity index is 1.44. The number of methoxy groups -OCH3 is 1. The molecule has 0 aliphatic carbocycles. The van der Waals surface area contributed by atoms with Crippen LogP contribution in [0.1, 0.15) is 29.3 Å². The van der Waals surface area contributed by atoms with Crippen LogP contribution in [-0.2, 0) is 9.59 Å². The zero-order chi connectivity index (χ0) is 24.9. The Morgan fingerprint density at radius 3 is 2.63 bits per heavy atom. The number of aliphatic imine (C=N–C) groups is 1. The van der Waals surface area contributed by atoms with Gasteiger partial charge in [-0.15, -0.1) is 0 Å². The summed E-state index contributed by atoms with van der Waals surface area (Å²) in [6, 6.07) is 18.3. The number of rotatable bonds is 7. The highest BCUT2D eigenvalue weighted by molar-refractivity contribution is 8.15. The maximum atomic E-state index is 13.0. The van der Waals surface area contributed by atoms with Crippen molar-refractivity contribution in [1.29, 1.82) is 0 Å². The number of ketones is 1. The fraction of sp³-hybridized carbons (Fsp3) is 0.192. The number of amides is 2. The largest absolute Gasteiger partial charge is 0.497 e. The van der Waals surface area contributed by atoms with E-state index in [0.717, 1.165) is 22.1 Å². The van der Waals surface area contributed by atoms with Crippen LogP contribution in [0.3, 0.4) is 0 Å². The van der Waals surface area contributed by atoms with Crippen LogP contribution in [0.15, 0.2) is 70.8 Å². The number of nitrogens with one attached hydrogen (secondary N) is 1. The van der Waals surface area contributed by atoms with Gasteiger partial charge in [0.05, 0.1) is 13.3 Å². The second kappa shape index (κ2) is 10.5. The first-order valence-electron chi connectivity index (χ1n) is 10.9. The molecule has 178 valence electrons. The predicted octanol–water partition coefficient (Wildman–Crippen LogP) is 4.34. The molecule has 2 amide bonds. The van der Waals surface area contributed by atoms with Gasteiger partial charge < -0.3 is 10.1 Å². The minimum atomic E-state index is -0.647. The van der Waals surface area contributed by atoms with Crippen molar-refractivity contribution in [3.63, 3.8) is 0 Å². The molecule has 3 aromatic carbocycles. The number of anilines is 1. The number of nitrogens with zero attached hydrogens (tertiary/aromatic N) is 3. The number of fused-ring (bicyclic) bond motifs is 1. The Labute approximate surface area is 207 Å². The smallest absolute Gasteiger partial charge is 0.263 e. The first kappa shape index (κ1) is 24.2. The Morgan fingerprint density at radius 2 is 1.89 bits per heavy atom. The maximum Gasteiger partial charge on any atom is 0.263 e. The van der Waals surface area contributed by atoms with Crippen LogP contribution in [-0.4, -0.2) is 53.4 Å². The lowest BCUT2D eigenvalue weighted by Crippen LogP contribution is -2.29. The van der Waals surface area contributed by atoms with Crippen LogP contribution in [0.5, 0.6) is 5.75 Å². The minimum Gasteiger partial charge on any atom is -0.497 e. The number of hydrazone groups is 1. The van der Waals surface area contributed by atoms with Gasteiger partial charge >= 0.3 is 0 Å². The first-order valence-corrected chi connectivity index (χ1v) is 11.8. The van der Waals surface area contributed by atoms with E-state index in [2.05, 4.69) is 15.4 Å². The highest BCUT2D eigenvalue weighted by Crippen LogP contribution is 2.30. The third kappa shape index (κ3) is 5.58. The fourth-order valence-corrected chi connectivity index (χ4v) is 4.64. The first-order chi connectivity index (χ1) is 16.9. The van der Waals surface area contributed by atoms with Gasteiger partial charge in [-0.3, -0.25) is 19.4 Å². The second-order valence-corrected chi connectivity index (χ2v) is 9.04. The molecule has 35 heavy (non-hydrogen) atoms. The van der Waals surface area contributed by atoms with Gasteiger partial charge in [0.2, 0.25) is 5.91 Å². The Hall–Kier alpha value is -3.98. The Morgan fingerprint density at radius 1 is 1.11 bits per heavy atom. The number of benzene rings is 3. The van der Waals surface area contributed by atoms with Crippen LogP contribution in [0.4, 0.5) is 5.69 Å². The second-order valence-electron chi connectivity index (χ2n) is 7.87. The molecule has 0 unspecified atom stereocenters. The van der Waals surface area contributed by atoms with E-state index in [1.807, 2.05) is 36.4 Å². The summed E-state index contributed by atoms with van der Waals surface area (Å²) in [6.45, 7) is 1.46. The molecular weight excluding hydrogens is 464 g/mol. The van der Waals surface area contributed by atoms with Crippen LogP contribution < -0.4 is 10.1 Å². The Kier molecular flexibility index (Phi) is 7.26. The summed E-state index contributed by atoms with van der Waals surface area (Å²) in [5.74, 6) is 0.0444. The number of amidine groups is 1. The summed E-state index contributed by atoms with van der Waals surface area (Å²) in [7, 11) is 3.21. The lowest BCUT2D eigenvalue weighted by atomic mass is 10.1. The third-order valence-electron chi connectivity index (χ3n) is 5.42. The van der Waals surface area contributed by atoms with Crippen molar-refractivity contribution in [3.05, 3.63) is 71.8 Å². The van der Waals surface area contributed by atoms with E-state index in [-0.39, 0.29) is 24.0 Å². The van der Waals surface area contributed by atoms with E-state index in [0.29, 0.717) is 16.4 Å². The van der Waals surface area contributed by atoms with Gasteiger partial charge in [0.15, 0.2) is 11.0 Å². The summed E-state index contributed by atoms with van der Waals surface area (Å²) < 4.78 is 5.26. The van der Waals surface area contributed by atoms with Crippen molar-refractivity contribution < 1.29 is 19.1 Å². The molecule has 1 fully saturated rings. The van der Waals surface area contributed by atoms with Crippen LogP contribution in [0.25, 0.3) is 10.8 Å². The molecule has 8 nitrogen and oxygen atoms in total. The van der Waals surface area contributed by atoms with Crippen LogP contribution in [0, 0.1) is 0 Å². The molecule has 1 aliphatic rings. The van der Waals surface area contributed by atoms with Gasteiger partial charge in [0, 0.05) is 24.7 Å². The van der Waals surface area contributed by atoms with Crippen molar-refractivity contribution in [1.82, 2.24) is 5.01 Å². The summed E-state index contributed by atoms with van der Waals surface area (Å²) in [5.41, 5.74) is 1.83. The average Bonchev–Trinajstić information content (AvgIpc) is 3.16. The number of carbonyl (C=O) groups excluding carboxylic acids is 3. The molecule has 1 aliphatic heterocycles. The van der Waals surface area contributed by atoms with E-state index in [4.69, 9.17) is 4.74 Å².